The van der Waals surface area contributed by atoms with Crippen molar-refractivity contribution < 1.29 is 14.3 Å². The Bertz CT molecular complexity index is 464. The fraction of sp³-hybridized carbons (Fsp3) is 0.500. The molecule has 2 rings (SSSR count). The molecule has 5 heteroatoms. The van der Waals surface area contributed by atoms with Gasteiger partial charge in [-0.25, -0.2) is 0 Å². The summed E-state index contributed by atoms with van der Waals surface area (Å²) in [5.74, 6) is 0.599. The maximum Gasteiger partial charge on any atom is 0.323 e. The largest absolute Gasteiger partial charge is 0.489 e. The van der Waals surface area contributed by atoms with Crippen LogP contribution in [0.5, 0.6) is 5.75 Å². The summed E-state index contributed by atoms with van der Waals surface area (Å²) in [5, 5.41) is 3.81. The summed E-state index contributed by atoms with van der Waals surface area (Å²) >= 11 is 5.97. The zero-order valence-corrected chi connectivity index (χ0v) is 11.9. The SMILES string of the molecule is CCc1cc(Cl)ccc1OC1CNC(C(=O)OC)C1. The number of aryl methyl sites for hydroxylation is 1. The molecule has 1 fully saturated rings. The average Bonchev–Trinajstić information content (AvgIpc) is 2.88. The Balaban J connectivity index is 2.01. The Morgan fingerprint density at radius 1 is 1.53 bits per heavy atom. The van der Waals surface area contributed by atoms with Gasteiger partial charge in [-0.15, -0.1) is 0 Å². The van der Waals surface area contributed by atoms with Crippen LogP contribution in [0.2, 0.25) is 5.02 Å². The van der Waals surface area contributed by atoms with Crippen molar-refractivity contribution in [1.82, 2.24) is 5.32 Å². The second-order valence-corrected chi connectivity index (χ2v) is 5.00. The molecule has 19 heavy (non-hydrogen) atoms. The third kappa shape index (κ3) is 3.39. The molecule has 4 nitrogen and oxygen atoms in total. The molecule has 0 aliphatic carbocycles. The van der Waals surface area contributed by atoms with Gasteiger partial charge in [0.2, 0.25) is 0 Å². The second kappa shape index (κ2) is 6.26. The van der Waals surface area contributed by atoms with Gasteiger partial charge in [-0.2, -0.15) is 0 Å². The van der Waals surface area contributed by atoms with Gasteiger partial charge in [-0.1, -0.05) is 18.5 Å². The lowest BCUT2D eigenvalue weighted by Crippen LogP contribution is -2.31. The fourth-order valence-electron chi connectivity index (χ4n) is 2.23. The maximum atomic E-state index is 11.4. The van der Waals surface area contributed by atoms with E-state index in [1.165, 1.54) is 7.11 Å². The van der Waals surface area contributed by atoms with E-state index in [1.807, 2.05) is 18.2 Å². The van der Waals surface area contributed by atoms with Crippen LogP contribution in [-0.4, -0.2) is 31.8 Å². The van der Waals surface area contributed by atoms with Gasteiger partial charge in [-0.3, -0.25) is 4.79 Å². The van der Waals surface area contributed by atoms with E-state index < -0.39 is 0 Å². The topological polar surface area (TPSA) is 47.6 Å². The number of ether oxygens (including phenoxy) is 2. The van der Waals surface area contributed by atoms with Gasteiger partial charge in [0.15, 0.2) is 0 Å². The average molecular weight is 284 g/mol. The van der Waals surface area contributed by atoms with Crippen LogP contribution >= 0.6 is 11.6 Å². The van der Waals surface area contributed by atoms with E-state index in [0.717, 1.165) is 17.7 Å². The monoisotopic (exact) mass is 283 g/mol. The third-order valence-corrected chi connectivity index (χ3v) is 3.51. The Morgan fingerprint density at radius 2 is 2.32 bits per heavy atom. The standard InChI is InChI=1S/C14H18ClNO3/c1-3-9-6-10(15)4-5-13(9)19-11-7-12(16-8-11)14(17)18-2/h4-6,11-12,16H,3,7-8H2,1-2H3. The van der Waals surface area contributed by atoms with E-state index in [1.54, 1.807) is 0 Å². The van der Waals surface area contributed by atoms with Gasteiger partial charge in [-0.05, 0) is 30.2 Å². The third-order valence-electron chi connectivity index (χ3n) is 3.27. The van der Waals surface area contributed by atoms with Crippen LogP contribution in [0.3, 0.4) is 0 Å². The molecule has 0 amide bonds. The number of hydrogen-bond donors (Lipinski definition) is 1. The van der Waals surface area contributed by atoms with Gasteiger partial charge in [0.25, 0.3) is 0 Å². The lowest BCUT2D eigenvalue weighted by molar-refractivity contribution is -0.142. The van der Waals surface area contributed by atoms with Crippen molar-refractivity contribution in [2.75, 3.05) is 13.7 Å². The molecule has 2 atom stereocenters. The molecular formula is C14H18ClNO3. The summed E-state index contributed by atoms with van der Waals surface area (Å²) in [5.41, 5.74) is 1.08. The maximum absolute atomic E-state index is 11.4. The lowest BCUT2D eigenvalue weighted by Gasteiger charge is -2.16. The zero-order chi connectivity index (χ0) is 13.8. The first kappa shape index (κ1) is 14.2. The first-order chi connectivity index (χ1) is 9.13. The van der Waals surface area contributed by atoms with Gasteiger partial charge in [0, 0.05) is 18.0 Å². The first-order valence-electron chi connectivity index (χ1n) is 6.40. The highest BCUT2D eigenvalue weighted by Gasteiger charge is 2.31. The van der Waals surface area contributed by atoms with Crippen molar-refractivity contribution >= 4 is 17.6 Å². The molecule has 1 aliphatic heterocycles. The predicted octanol–water partition coefficient (Wildman–Crippen LogP) is 2.18. The molecular weight excluding hydrogens is 266 g/mol. The number of benzene rings is 1. The number of carbonyl (C=O) groups is 1. The van der Waals surface area contributed by atoms with Crippen LogP contribution < -0.4 is 10.1 Å². The summed E-state index contributed by atoms with van der Waals surface area (Å²) in [7, 11) is 1.40. The molecule has 1 aliphatic rings. The number of hydrogen-bond acceptors (Lipinski definition) is 4. The van der Waals surface area contributed by atoms with E-state index in [9.17, 15) is 4.79 Å². The predicted molar refractivity (Wildman–Crippen MR) is 73.7 cm³/mol. The Labute approximate surface area is 118 Å². The van der Waals surface area contributed by atoms with Crippen molar-refractivity contribution in [2.24, 2.45) is 0 Å². The van der Waals surface area contributed by atoms with Crippen LogP contribution in [0.15, 0.2) is 18.2 Å². The number of rotatable bonds is 4. The minimum absolute atomic E-state index is 0.0180. The normalized spacial score (nSPS) is 22.3. The zero-order valence-electron chi connectivity index (χ0n) is 11.1. The van der Waals surface area contributed by atoms with Gasteiger partial charge < -0.3 is 14.8 Å². The van der Waals surface area contributed by atoms with Crippen molar-refractivity contribution in [3.05, 3.63) is 28.8 Å². The van der Waals surface area contributed by atoms with Gasteiger partial charge in [0.1, 0.15) is 17.9 Å². The minimum Gasteiger partial charge on any atom is -0.489 e. The minimum atomic E-state index is -0.271. The highest BCUT2D eigenvalue weighted by molar-refractivity contribution is 6.30. The lowest BCUT2D eigenvalue weighted by atomic mass is 10.1. The smallest absolute Gasteiger partial charge is 0.323 e. The molecule has 104 valence electrons. The summed E-state index contributed by atoms with van der Waals surface area (Å²) in [4.78, 5) is 11.4. The number of methoxy groups -OCH3 is 1. The first-order valence-corrected chi connectivity index (χ1v) is 6.78. The Kier molecular flexibility index (Phi) is 4.66. The summed E-state index contributed by atoms with van der Waals surface area (Å²) in [6.45, 7) is 2.70. The van der Waals surface area contributed by atoms with Crippen molar-refractivity contribution in [3.63, 3.8) is 0 Å². The highest BCUT2D eigenvalue weighted by Crippen LogP contribution is 2.26. The molecule has 0 radical (unpaired) electrons. The van der Waals surface area contributed by atoms with Crippen molar-refractivity contribution in [1.29, 1.82) is 0 Å². The van der Waals surface area contributed by atoms with Crippen LogP contribution in [0.25, 0.3) is 0 Å². The summed E-state index contributed by atoms with van der Waals surface area (Å²) in [6, 6.07) is 5.34. The second-order valence-electron chi connectivity index (χ2n) is 4.57. The van der Waals surface area contributed by atoms with Crippen LogP contribution in [0, 0.1) is 0 Å². The van der Waals surface area contributed by atoms with Crippen molar-refractivity contribution in [2.45, 2.75) is 31.9 Å². The van der Waals surface area contributed by atoms with Crippen LogP contribution in [0.4, 0.5) is 0 Å². The van der Waals surface area contributed by atoms with E-state index in [-0.39, 0.29) is 18.1 Å². The number of nitrogens with one attached hydrogen (secondary N) is 1. The van der Waals surface area contributed by atoms with E-state index >= 15 is 0 Å². The number of carbonyl (C=O) groups excluding carboxylic acids is 1. The Hall–Kier alpha value is -1.26. The van der Waals surface area contributed by atoms with Gasteiger partial charge >= 0.3 is 5.97 Å². The summed E-state index contributed by atoms with van der Waals surface area (Å²) < 4.78 is 10.7. The van der Waals surface area contributed by atoms with Gasteiger partial charge in [0.05, 0.1) is 7.11 Å². The Morgan fingerprint density at radius 3 is 3.00 bits per heavy atom. The molecule has 1 saturated heterocycles. The molecule has 1 heterocycles. The molecule has 0 aromatic heterocycles. The van der Waals surface area contributed by atoms with E-state index in [2.05, 4.69) is 12.2 Å². The van der Waals surface area contributed by atoms with Crippen LogP contribution in [0.1, 0.15) is 18.9 Å². The molecule has 0 bridgehead atoms. The van der Waals surface area contributed by atoms with Crippen LogP contribution in [-0.2, 0) is 16.0 Å². The molecule has 1 aromatic carbocycles. The summed E-state index contributed by atoms with van der Waals surface area (Å²) in [6.07, 6.45) is 1.46. The fourth-order valence-corrected chi connectivity index (χ4v) is 2.43. The molecule has 1 N–H and O–H groups in total. The molecule has 2 unspecified atom stereocenters. The molecule has 1 aromatic rings. The highest BCUT2D eigenvalue weighted by atomic mass is 35.5. The van der Waals surface area contributed by atoms with E-state index in [4.69, 9.17) is 21.1 Å². The quantitative estimate of drug-likeness (QED) is 0.861. The molecule has 0 saturated carbocycles. The number of esters is 1. The molecule has 0 spiro atoms. The van der Waals surface area contributed by atoms with Crippen molar-refractivity contribution in [3.8, 4) is 5.75 Å². The van der Waals surface area contributed by atoms with E-state index in [0.29, 0.717) is 18.0 Å². The number of halogens is 1.